The van der Waals surface area contributed by atoms with Gasteiger partial charge in [-0.25, -0.2) is 0 Å². The summed E-state index contributed by atoms with van der Waals surface area (Å²) < 4.78 is 0.945. The first-order valence-corrected chi connectivity index (χ1v) is 8.82. The molecule has 0 bridgehead atoms. The Hall–Kier alpha value is -2.66. The van der Waals surface area contributed by atoms with Crippen LogP contribution in [0.15, 0.2) is 71.5 Å². The Morgan fingerprint density at radius 3 is 2.52 bits per heavy atom. The molecule has 1 aromatic heterocycles. The minimum atomic E-state index is -0.187. The van der Waals surface area contributed by atoms with E-state index in [4.69, 9.17) is 0 Å². The number of nitrogens with one attached hydrogen (secondary N) is 2. The molecule has 4 nitrogen and oxygen atoms in total. The van der Waals surface area contributed by atoms with E-state index in [1.165, 1.54) is 5.56 Å². The number of aryl methyl sites for hydroxylation is 1. The van der Waals surface area contributed by atoms with E-state index in [2.05, 4.69) is 38.5 Å². The molecular weight excluding hydrogens is 378 g/mol. The van der Waals surface area contributed by atoms with Crippen molar-refractivity contribution < 1.29 is 4.79 Å². The van der Waals surface area contributed by atoms with Gasteiger partial charge in [-0.1, -0.05) is 31.2 Å². The van der Waals surface area contributed by atoms with E-state index in [1.807, 2.05) is 48.5 Å². The zero-order valence-electron chi connectivity index (χ0n) is 13.8. The van der Waals surface area contributed by atoms with Gasteiger partial charge in [0.15, 0.2) is 0 Å². The van der Waals surface area contributed by atoms with Gasteiger partial charge in [0, 0.05) is 16.4 Å². The lowest BCUT2D eigenvalue weighted by Crippen LogP contribution is -2.12. The summed E-state index contributed by atoms with van der Waals surface area (Å²) >= 11 is 3.49. The van der Waals surface area contributed by atoms with Gasteiger partial charge in [-0.2, -0.15) is 0 Å². The number of hydrogen-bond acceptors (Lipinski definition) is 3. The first-order valence-electron chi connectivity index (χ1n) is 8.02. The van der Waals surface area contributed by atoms with Crippen molar-refractivity contribution in [3.05, 3.63) is 82.6 Å². The molecule has 0 unspecified atom stereocenters. The fraction of sp³-hybridized carbons (Fsp3) is 0.100. The molecule has 0 radical (unpaired) electrons. The number of amides is 1. The van der Waals surface area contributed by atoms with E-state index in [0.29, 0.717) is 5.56 Å². The average molecular weight is 396 g/mol. The molecule has 0 saturated carbocycles. The lowest BCUT2D eigenvalue weighted by molar-refractivity contribution is 0.102. The molecular formula is C20H18BrN3O. The summed E-state index contributed by atoms with van der Waals surface area (Å²) in [4.78, 5) is 16.6. The highest BCUT2D eigenvalue weighted by atomic mass is 79.9. The molecule has 126 valence electrons. The maximum Gasteiger partial charge on any atom is 0.257 e. The van der Waals surface area contributed by atoms with Gasteiger partial charge in [0.25, 0.3) is 5.91 Å². The highest BCUT2D eigenvalue weighted by Crippen LogP contribution is 2.25. The van der Waals surface area contributed by atoms with E-state index in [9.17, 15) is 4.79 Å². The van der Waals surface area contributed by atoms with Crippen LogP contribution in [0.4, 0.5) is 17.1 Å². The van der Waals surface area contributed by atoms with Crippen LogP contribution in [0.1, 0.15) is 22.8 Å². The van der Waals surface area contributed by atoms with Gasteiger partial charge in [-0.05, 0) is 58.2 Å². The van der Waals surface area contributed by atoms with E-state index < -0.39 is 0 Å². The molecule has 25 heavy (non-hydrogen) atoms. The molecule has 2 N–H and O–H groups in total. The third-order valence-corrected chi connectivity index (χ3v) is 4.46. The summed E-state index contributed by atoms with van der Waals surface area (Å²) in [5.74, 6) is -0.187. The van der Waals surface area contributed by atoms with Crippen molar-refractivity contribution >= 4 is 38.9 Å². The zero-order valence-corrected chi connectivity index (χ0v) is 15.4. The molecule has 0 atom stereocenters. The van der Waals surface area contributed by atoms with Crippen molar-refractivity contribution in [1.82, 2.24) is 4.98 Å². The first kappa shape index (κ1) is 17.2. The summed E-state index contributed by atoms with van der Waals surface area (Å²) in [6.45, 7) is 2.10. The number of nitrogens with zero attached hydrogens (tertiary/aromatic N) is 1. The Kier molecular flexibility index (Phi) is 5.46. The second-order valence-electron chi connectivity index (χ2n) is 5.57. The van der Waals surface area contributed by atoms with Crippen LogP contribution in [0.2, 0.25) is 0 Å². The zero-order chi connectivity index (χ0) is 17.6. The Morgan fingerprint density at radius 1 is 1.04 bits per heavy atom. The number of rotatable bonds is 5. The van der Waals surface area contributed by atoms with Gasteiger partial charge >= 0.3 is 0 Å². The number of anilines is 3. The molecule has 0 spiro atoms. The fourth-order valence-corrected chi connectivity index (χ4v) is 2.76. The lowest BCUT2D eigenvalue weighted by Gasteiger charge is -2.10. The standard InChI is InChI=1S/C20H18BrN3O/c1-2-14-7-9-16(10-8-14)24-20(25)15-11-17(13-22-12-15)23-19-6-4-3-5-18(19)21/h3-13,23H,2H2,1H3,(H,24,25). The molecule has 0 aliphatic heterocycles. The van der Waals surface area contributed by atoms with E-state index in [1.54, 1.807) is 18.5 Å². The molecule has 1 heterocycles. The van der Waals surface area contributed by atoms with E-state index >= 15 is 0 Å². The SMILES string of the molecule is CCc1ccc(NC(=O)c2cncc(Nc3ccccc3Br)c2)cc1. The molecule has 3 rings (SSSR count). The normalized spacial score (nSPS) is 10.3. The van der Waals surface area contributed by atoms with Gasteiger partial charge < -0.3 is 10.6 Å². The second-order valence-corrected chi connectivity index (χ2v) is 6.43. The van der Waals surface area contributed by atoms with Crippen LogP contribution in [0.3, 0.4) is 0 Å². The minimum absolute atomic E-state index is 0.187. The molecule has 0 aliphatic carbocycles. The van der Waals surface area contributed by atoms with Crippen LogP contribution in [-0.4, -0.2) is 10.9 Å². The molecule has 0 aliphatic rings. The monoisotopic (exact) mass is 395 g/mol. The molecule has 5 heteroatoms. The van der Waals surface area contributed by atoms with Crippen LogP contribution in [0.25, 0.3) is 0 Å². The summed E-state index contributed by atoms with van der Waals surface area (Å²) in [6.07, 6.45) is 4.22. The summed E-state index contributed by atoms with van der Waals surface area (Å²) in [5.41, 5.74) is 4.17. The number of para-hydroxylation sites is 1. The number of hydrogen-bond donors (Lipinski definition) is 2. The predicted molar refractivity (Wildman–Crippen MR) is 105 cm³/mol. The van der Waals surface area contributed by atoms with Crippen molar-refractivity contribution in [3.8, 4) is 0 Å². The van der Waals surface area contributed by atoms with Crippen molar-refractivity contribution in [1.29, 1.82) is 0 Å². The predicted octanol–water partition coefficient (Wildman–Crippen LogP) is 5.40. The summed E-state index contributed by atoms with van der Waals surface area (Å²) in [5, 5.41) is 6.15. The smallest absolute Gasteiger partial charge is 0.257 e. The van der Waals surface area contributed by atoms with Gasteiger partial charge in [-0.15, -0.1) is 0 Å². The number of carbonyl (C=O) groups excluding carboxylic acids is 1. The Bertz CT molecular complexity index is 878. The van der Waals surface area contributed by atoms with Crippen molar-refractivity contribution in [3.63, 3.8) is 0 Å². The molecule has 0 fully saturated rings. The van der Waals surface area contributed by atoms with Gasteiger partial charge in [0.2, 0.25) is 0 Å². The van der Waals surface area contributed by atoms with Crippen molar-refractivity contribution in [2.75, 3.05) is 10.6 Å². The third-order valence-electron chi connectivity index (χ3n) is 3.77. The van der Waals surface area contributed by atoms with Gasteiger partial charge in [-0.3, -0.25) is 9.78 Å². The third kappa shape index (κ3) is 4.45. The van der Waals surface area contributed by atoms with Crippen molar-refractivity contribution in [2.24, 2.45) is 0 Å². The first-order chi connectivity index (χ1) is 12.2. The Morgan fingerprint density at radius 2 is 1.80 bits per heavy atom. The number of carbonyl (C=O) groups is 1. The largest absolute Gasteiger partial charge is 0.353 e. The average Bonchev–Trinajstić information content (AvgIpc) is 2.64. The number of benzene rings is 2. The van der Waals surface area contributed by atoms with E-state index in [0.717, 1.165) is 28.0 Å². The van der Waals surface area contributed by atoms with Crippen LogP contribution >= 0.6 is 15.9 Å². The van der Waals surface area contributed by atoms with Gasteiger partial charge in [0.1, 0.15) is 0 Å². The highest BCUT2D eigenvalue weighted by molar-refractivity contribution is 9.10. The molecule has 1 amide bonds. The topological polar surface area (TPSA) is 54.0 Å². The Balaban J connectivity index is 1.74. The maximum absolute atomic E-state index is 12.5. The number of aromatic nitrogens is 1. The molecule has 0 saturated heterocycles. The van der Waals surface area contributed by atoms with Crippen LogP contribution < -0.4 is 10.6 Å². The maximum atomic E-state index is 12.5. The van der Waals surface area contributed by atoms with Crippen LogP contribution in [-0.2, 0) is 6.42 Å². The molecule has 2 aromatic carbocycles. The highest BCUT2D eigenvalue weighted by Gasteiger charge is 2.08. The summed E-state index contributed by atoms with van der Waals surface area (Å²) in [7, 11) is 0. The minimum Gasteiger partial charge on any atom is -0.353 e. The quantitative estimate of drug-likeness (QED) is 0.607. The van der Waals surface area contributed by atoms with Crippen molar-refractivity contribution in [2.45, 2.75) is 13.3 Å². The summed E-state index contributed by atoms with van der Waals surface area (Å²) in [6, 6.07) is 17.4. The second kappa shape index (κ2) is 7.94. The van der Waals surface area contributed by atoms with Gasteiger partial charge in [0.05, 0.1) is 23.1 Å². The fourth-order valence-electron chi connectivity index (χ4n) is 2.38. The lowest BCUT2D eigenvalue weighted by atomic mass is 10.1. The number of halogens is 1. The molecule has 3 aromatic rings. The Labute approximate surface area is 155 Å². The van der Waals surface area contributed by atoms with E-state index in [-0.39, 0.29) is 5.91 Å². The number of pyridine rings is 1. The van der Waals surface area contributed by atoms with Crippen LogP contribution in [0.5, 0.6) is 0 Å². The van der Waals surface area contributed by atoms with Crippen LogP contribution in [0, 0.1) is 0 Å².